The highest BCUT2D eigenvalue weighted by atomic mass is 16.3. The van der Waals surface area contributed by atoms with Crippen LogP contribution in [-0.2, 0) is 47.9 Å². The van der Waals surface area contributed by atoms with E-state index in [9.17, 15) is 53.1 Å². The van der Waals surface area contributed by atoms with Gasteiger partial charge >= 0.3 is 0 Å². The van der Waals surface area contributed by atoms with Crippen LogP contribution in [0, 0.1) is 17.8 Å². The molecule has 9 atom stereocenters. The molecule has 1 aliphatic rings. The van der Waals surface area contributed by atoms with E-state index in [-0.39, 0.29) is 56.0 Å². The fourth-order valence-corrected chi connectivity index (χ4v) is 7.83. The van der Waals surface area contributed by atoms with E-state index in [1.807, 2.05) is 13.8 Å². The van der Waals surface area contributed by atoms with Crippen LogP contribution in [0.25, 0.3) is 0 Å². The number of nitrogens with two attached hydrogens (primary N) is 2. The summed E-state index contributed by atoms with van der Waals surface area (Å²) in [6.07, 6.45) is 0.996. The van der Waals surface area contributed by atoms with Gasteiger partial charge in [-0.1, -0.05) is 61.3 Å². The fourth-order valence-electron chi connectivity index (χ4n) is 7.83. The lowest BCUT2D eigenvalue weighted by Gasteiger charge is -2.34. The van der Waals surface area contributed by atoms with Gasteiger partial charge in [-0.05, 0) is 70.1 Å². The van der Waals surface area contributed by atoms with Gasteiger partial charge in [-0.15, -0.1) is 0 Å². The zero-order chi connectivity index (χ0) is 54.3. The zero-order valence-corrected chi connectivity index (χ0v) is 44.0. The van der Waals surface area contributed by atoms with E-state index in [1.54, 1.807) is 41.5 Å². The van der Waals surface area contributed by atoms with Crippen LogP contribution in [0.2, 0.25) is 0 Å². The second kappa shape index (κ2) is 31.3. The molecule has 24 heteroatoms. The zero-order valence-electron chi connectivity index (χ0n) is 44.0. The first-order chi connectivity index (χ1) is 33.2. The number of hydrogen-bond acceptors (Lipinski definition) is 12. The van der Waals surface area contributed by atoms with Gasteiger partial charge in [-0.3, -0.25) is 52.9 Å². The molecule has 404 valence electrons. The lowest BCUT2D eigenvalue weighted by atomic mass is 9.95. The number of aliphatic hydroxyl groups excluding tert-OH is 1. The molecule has 12 N–H and O–H groups in total. The number of aliphatic hydroxyl groups is 1. The second-order valence-electron chi connectivity index (χ2n) is 19.1. The van der Waals surface area contributed by atoms with Crippen LogP contribution in [0.5, 0.6) is 0 Å². The molecule has 10 amide bonds. The summed E-state index contributed by atoms with van der Waals surface area (Å²) < 4.78 is 0. The molecule has 1 fully saturated rings. The number of aliphatic imine (C=N–C) groups is 1. The van der Waals surface area contributed by atoms with Crippen molar-refractivity contribution in [3.63, 3.8) is 0 Å². The first kappa shape index (κ1) is 62.9. The van der Waals surface area contributed by atoms with Gasteiger partial charge in [0.25, 0.3) is 0 Å². The highest BCUT2D eigenvalue weighted by molar-refractivity contribution is 5.98. The molecule has 0 radical (unpaired) electrons. The van der Waals surface area contributed by atoms with Gasteiger partial charge in [-0.25, -0.2) is 0 Å². The van der Waals surface area contributed by atoms with Gasteiger partial charge in [0, 0.05) is 40.7 Å². The molecular formula is C47H85N13O11. The number of amides is 10. The molecule has 1 aliphatic heterocycles. The van der Waals surface area contributed by atoms with Crippen molar-refractivity contribution >= 4 is 65.0 Å². The number of guanidine groups is 1. The number of nitrogens with zero attached hydrogens (tertiary/aromatic N) is 4. The molecular weight excluding hydrogens is 923 g/mol. The van der Waals surface area contributed by atoms with E-state index in [1.165, 1.54) is 37.7 Å². The Morgan fingerprint density at radius 2 is 1.34 bits per heavy atom. The quantitative estimate of drug-likeness (QED) is 0.0211. The van der Waals surface area contributed by atoms with E-state index >= 15 is 0 Å². The predicted octanol–water partition coefficient (Wildman–Crippen LogP) is -2.06. The van der Waals surface area contributed by atoms with Crippen LogP contribution in [0.3, 0.4) is 0 Å². The van der Waals surface area contributed by atoms with Gasteiger partial charge in [0.05, 0.1) is 19.2 Å². The molecule has 24 nitrogen and oxygen atoms in total. The van der Waals surface area contributed by atoms with E-state index in [2.05, 4.69) is 42.2 Å². The standard InChI is InChI=1S/C47H85N13O11/c1-13-18-31(45(70)59(12)34(23-26(4)5)41(66)53-32(19-16-21-51-47(48)49)46(71)60-22-17-20-33(60)40(65)50-15-3)54-44(69)39(29(9)61)57-43(68)38(28(8)14-2)56-42(67)37(27(6)7)55-35(63)24-52-36(64)25-58(11)30(10)62/h26-29,31-34,37-39,61H,13-25H2,1-12H3,(H,50,65)(H,52,64)(H,53,66)(H,54,69)(H,55,63)(H,56,67)(H,57,68)(H4,48,49,51)/t28?,29?,31-,32-,33-,34-,37-,38+,39-/m0/s1. The van der Waals surface area contributed by atoms with Crippen LogP contribution >= 0.6 is 0 Å². The second-order valence-corrected chi connectivity index (χ2v) is 19.1. The average molecular weight is 1010 g/mol. The van der Waals surface area contributed by atoms with Gasteiger partial charge in [0.2, 0.25) is 59.1 Å². The third kappa shape index (κ3) is 21.0. The number of likely N-dealkylation sites (N-methyl/N-ethyl adjacent to an activating group) is 3. The highest BCUT2D eigenvalue weighted by Crippen LogP contribution is 2.21. The number of likely N-dealkylation sites (tertiary alicyclic amines) is 1. The topological polar surface area (TPSA) is 349 Å². The van der Waals surface area contributed by atoms with Gasteiger partial charge < -0.3 is 68.5 Å². The number of rotatable bonds is 30. The number of hydrogen-bond donors (Lipinski definition) is 10. The molecule has 2 unspecified atom stereocenters. The molecule has 0 aliphatic carbocycles. The lowest BCUT2D eigenvalue weighted by molar-refractivity contribution is -0.145. The van der Waals surface area contributed by atoms with E-state index in [4.69, 9.17) is 11.5 Å². The Morgan fingerprint density at radius 1 is 0.746 bits per heavy atom. The summed E-state index contributed by atoms with van der Waals surface area (Å²) in [6.45, 7) is 16.7. The average Bonchev–Trinajstić information content (AvgIpc) is 3.80. The van der Waals surface area contributed by atoms with E-state index in [0.29, 0.717) is 45.2 Å². The summed E-state index contributed by atoms with van der Waals surface area (Å²) in [6, 6.07) is -8.23. The van der Waals surface area contributed by atoms with Gasteiger partial charge in [-0.2, -0.15) is 0 Å². The Hall–Kier alpha value is -6.07. The summed E-state index contributed by atoms with van der Waals surface area (Å²) >= 11 is 0. The number of nitrogens with one attached hydrogen (secondary N) is 7. The Kier molecular flexibility index (Phi) is 27.8. The minimum atomic E-state index is -1.62. The molecule has 1 rings (SSSR count). The van der Waals surface area contributed by atoms with Crippen molar-refractivity contribution in [1.82, 2.24) is 51.9 Å². The molecule has 0 bridgehead atoms. The van der Waals surface area contributed by atoms with Gasteiger partial charge in [0.15, 0.2) is 5.96 Å². The smallest absolute Gasteiger partial charge is 0.245 e. The summed E-state index contributed by atoms with van der Waals surface area (Å²) in [5.74, 6) is -7.46. The monoisotopic (exact) mass is 1010 g/mol. The molecule has 0 aromatic carbocycles. The van der Waals surface area contributed by atoms with Crippen LogP contribution in [0.1, 0.15) is 121 Å². The van der Waals surface area contributed by atoms with E-state index < -0.39 is 114 Å². The predicted molar refractivity (Wildman–Crippen MR) is 266 cm³/mol. The van der Waals surface area contributed by atoms with Crippen LogP contribution in [0.4, 0.5) is 0 Å². The maximum Gasteiger partial charge on any atom is 0.245 e. The summed E-state index contributed by atoms with van der Waals surface area (Å²) in [7, 11) is 2.84. The molecule has 0 aromatic rings. The first-order valence-electron chi connectivity index (χ1n) is 24.8. The first-order valence-corrected chi connectivity index (χ1v) is 24.8. The number of carbonyl (C=O) groups is 10. The summed E-state index contributed by atoms with van der Waals surface area (Å²) in [5.41, 5.74) is 11.0. The van der Waals surface area contributed by atoms with Crippen LogP contribution in [0.15, 0.2) is 4.99 Å². The Bertz CT molecular complexity index is 1860. The molecule has 0 aromatic heterocycles. The maximum atomic E-state index is 14.4. The SMILES string of the molecule is CCC[C@H](NC(=O)[C@@H](NC(=O)[C@H](NC(=O)[C@@H](NC(=O)CNC(=O)CN(C)C(C)=O)C(C)C)C(C)CC)C(C)O)C(=O)N(C)[C@@H](CC(C)C)C(=O)N[C@@H](CCCN=C(N)N)C(=O)N1CCC[C@H]1C(=O)NCC. The molecule has 0 spiro atoms. The lowest BCUT2D eigenvalue weighted by Crippen LogP contribution is -2.63. The summed E-state index contributed by atoms with van der Waals surface area (Å²) in [5, 5.41) is 29.3. The van der Waals surface area contributed by atoms with Crippen molar-refractivity contribution < 1.29 is 53.1 Å². The van der Waals surface area contributed by atoms with Crippen molar-refractivity contribution in [1.29, 1.82) is 0 Å². The van der Waals surface area contributed by atoms with Crippen molar-refractivity contribution in [3.8, 4) is 0 Å². The largest absolute Gasteiger partial charge is 0.391 e. The molecule has 71 heavy (non-hydrogen) atoms. The number of carbonyl (C=O) groups excluding carboxylic acids is 10. The Balaban J connectivity index is 3.36. The molecule has 0 saturated carbocycles. The van der Waals surface area contributed by atoms with Crippen molar-refractivity contribution in [2.24, 2.45) is 34.2 Å². The van der Waals surface area contributed by atoms with Crippen LogP contribution in [-0.4, -0.2) is 180 Å². The Morgan fingerprint density at radius 3 is 1.87 bits per heavy atom. The highest BCUT2D eigenvalue weighted by Gasteiger charge is 2.41. The third-order valence-corrected chi connectivity index (χ3v) is 12.2. The molecule has 1 heterocycles. The van der Waals surface area contributed by atoms with Crippen molar-refractivity contribution in [2.75, 3.05) is 46.8 Å². The fraction of sp³-hybridized carbons (Fsp3) is 0.766. The summed E-state index contributed by atoms with van der Waals surface area (Å²) in [4.78, 5) is 142. The minimum Gasteiger partial charge on any atom is -0.391 e. The minimum absolute atomic E-state index is 0.0977. The van der Waals surface area contributed by atoms with Crippen LogP contribution < -0.4 is 48.7 Å². The van der Waals surface area contributed by atoms with Gasteiger partial charge in [0.1, 0.15) is 42.3 Å². The normalized spacial score (nSPS) is 16.7. The van der Waals surface area contributed by atoms with E-state index in [0.717, 1.165) is 4.90 Å². The van der Waals surface area contributed by atoms with Crippen molar-refractivity contribution in [3.05, 3.63) is 0 Å². The maximum absolute atomic E-state index is 14.4. The Labute approximate surface area is 419 Å². The third-order valence-electron chi connectivity index (χ3n) is 12.2. The molecule has 1 saturated heterocycles. The van der Waals surface area contributed by atoms with Crippen molar-refractivity contribution in [2.45, 2.75) is 169 Å².